The van der Waals surface area contributed by atoms with E-state index in [1.807, 2.05) is 0 Å². The minimum Gasteiger partial charge on any atom is -0.312 e. The quantitative estimate of drug-likeness (QED) is 0.628. The highest BCUT2D eigenvalue weighted by Gasteiger charge is 2.30. The van der Waals surface area contributed by atoms with E-state index in [0.717, 1.165) is 0 Å². The summed E-state index contributed by atoms with van der Waals surface area (Å²) < 4.78 is 2.21. The lowest BCUT2D eigenvalue weighted by atomic mass is 10.4. The van der Waals surface area contributed by atoms with Crippen LogP contribution in [0.15, 0.2) is 93.8 Å². The monoisotopic (exact) mass is 266 g/mol. The molecule has 0 aliphatic carbocycles. The van der Waals surface area contributed by atoms with Crippen molar-refractivity contribution in [3.8, 4) is 0 Å². The zero-order valence-electron chi connectivity index (χ0n) is 10.9. The van der Waals surface area contributed by atoms with Gasteiger partial charge in [0.05, 0.1) is 0 Å². The van der Waals surface area contributed by atoms with Gasteiger partial charge < -0.3 is 4.57 Å². The largest absolute Gasteiger partial charge is 0.312 e. The Kier molecular flexibility index (Phi) is 3.43. The highest BCUT2D eigenvalue weighted by molar-refractivity contribution is 7.97. The van der Waals surface area contributed by atoms with E-state index in [4.69, 9.17) is 0 Å². The van der Waals surface area contributed by atoms with Crippen LogP contribution in [0.2, 0.25) is 0 Å². The van der Waals surface area contributed by atoms with Crippen LogP contribution in [0.5, 0.6) is 0 Å². The predicted octanol–water partition coefficient (Wildman–Crippen LogP) is 4.12. The van der Waals surface area contributed by atoms with Crippen LogP contribution in [0.25, 0.3) is 0 Å². The molecule has 19 heavy (non-hydrogen) atoms. The molecule has 0 spiro atoms. The number of hydrogen-bond acceptors (Lipinski definition) is 0. The second-order valence-corrected chi connectivity index (χ2v) is 6.36. The van der Waals surface area contributed by atoms with Gasteiger partial charge in [0.1, 0.15) is 10.9 Å². The number of benzene rings is 2. The molecule has 0 aliphatic rings. The molecule has 0 saturated heterocycles. The SMILES string of the molecule is Cn1cccc1[S+](c1ccccc1)c1ccccc1. The summed E-state index contributed by atoms with van der Waals surface area (Å²) in [5.74, 6) is 0. The van der Waals surface area contributed by atoms with E-state index in [1.165, 1.54) is 14.8 Å². The molecule has 0 bridgehead atoms. The van der Waals surface area contributed by atoms with Gasteiger partial charge in [-0.25, -0.2) is 0 Å². The molecule has 2 aromatic carbocycles. The van der Waals surface area contributed by atoms with Crippen molar-refractivity contribution in [2.24, 2.45) is 7.05 Å². The molecule has 0 fully saturated rings. The van der Waals surface area contributed by atoms with Crippen LogP contribution in [-0.4, -0.2) is 4.57 Å². The van der Waals surface area contributed by atoms with E-state index in [1.54, 1.807) is 0 Å². The number of hydrogen-bond donors (Lipinski definition) is 0. The molecule has 0 radical (unpaired) electrons. The fourth-order valence-corrected chi connectivity index (χ4v) is 4.33. The molecule has 0 unspecified atom stereocenters. The van der Waals surface area contributed by atoms with Crippen LogP contribution >= 0.6 is 0 Å². The Balaban J connectivity index is 2.15. The molecule has 0 aliphatic heterocycles. The van der Waals surface area contributed by atoms with Crippen molar-refractivity contribution in [1.29, 1.82) is 0 Å². The van der Waals surface area contributed by atoms with Gasteiger partial charge in [-0.15, -0.1) is 0 Å². The molecule has 1 aromatic heterocycles. The van der Waals surface area contributed by atoms with Gasteiger partial charge in [0, 0.05) is 19.3 Å². The van der Waals surface area contributed by atoms with Crippen LogP contribution in [-0.2, 0) is 17.9 Å². The lowest BCUT2D eigenvalue weighted by Gasteiger charge is -2.08. The Labute approximate surface area is 116 Å². The first-order chi connectivity index (χ1) is 9.36. The van der Waals surface area contributed by atoms with Gasteiger partial charge in [0.25, 0.3) is 0 Å². The standard InChI is InChI=1S/C17H16NS/c1-18-14-8-13-17(18)19(15-9-4-2-5-10-15)16-11-6-3-7-12-16/h2-14H,1H3/q+1. The minimum atomic E-state index is -0.0321. The van der Waals surface area contributed by atoms with Gasteiger partial charge in [0.15, 0.2) is 9.79 Å². The summed E-state index contributed by atoms with van der Waals surface area (Å²) in [6.45, 7) is 0. The summed E-state index contributed by atoms with van der Waals surface area (Å²) in [5, 5.41) is 1.34. The zero-order valence-corrected chi connectivity index (χ0v) is 11.7. The van der Waals surface area contributed by atoms with Crippen LogP contribution in [0.3, 0.4) is 0 Å². The van der Waals surface area contributed by atoms with Gasteiger partial charge in [-0.1, -0.05) is 36.4 Å². The fraction of sp³-hybridized carbons (Fsp3) is 0.0588. The van der Waals surface area contributed by atoms with Crippen LogP contribution < -0.4 is 0 Å². The van der Waals surface area contributed by atoms with Crippen LogP contribution in [0, 0.1) is 0 Å². The maximum absolute atomic E-state index is 2.21. The highest BCUT2D eigenvalue weighted by Crippen LogP contribution is 2.30. The number of aromatic nitrogens is 1. The molecule has 3 rings (SSSR count). The van der Waals surface area contributed by atoms with Crippen LogP contribution in [0.1, 0.15) is 0 Å². The number of nitrogens with zero attached hydrogens (tertiary/aromatic N) is 1. The van der Waals surface area contributed by atoms with E-state index in [-0.39, 0.29) is 10.9 Å². The summed E-state index contributed by atoms with van der Waals surface area (Å²) in [6.07, 6.45) is 2.11. The minimum absolute atomic E-state index is 0.0321. The Hall–Kier alpha value is -1.93. The molecule has 2 heteroatoms. The van der Waals surface area contributed by atoms with E-state index in [2.05, 4.69) is 90.6 Å². The maximum Gasteiger partial charge on any atom is 0.238 e. The third-order valence-electron chi connectivity index (χ3n) is 3.06. The maximum atomic E-state index is 2.21. The van der Waals surface area contributed by atoms with Crippen molar-refractivity contribution >= 4 is 10.9 Å². The highest BCUT2D eigenvalue weighted by atomic mass is 32.2. The predicted molar refractivity (Wildman–Crippen MR) is 80.5 cm³/mol. The summed E-state index contributed by atoms with van der Waals surface area (Å²) in [4.78, 5) is 2.71. The molecule has 1 nitrogen and oxygen atoms in total. The lowest BCUT2D eigenvalue weighted by molar-refractivity contribution is 0.823. The molecule has 0 amide bonds. The second-order valence-electron chi connectivity index (χ2n) is 4.39. The van der Waals surface area contributed by atoms with E-state index >= 15 is 0 Å². The summed E-state index contributed by atoms with van der Waals surface area (Å²) in [7, 11) is 2.08. The Morgan fingerprint density at radius 1 is 0.684 bits per heavy atom. The summed E-state index contributed by atoms with van der Waals surface area (Å²) in [6, 6.07) is 25.8. The first-order valence-corrected chi connectivity index (χ1v) is 7.54. The average molecular weight is 266 g/mol. The Morgan fingerprint density at radius 2 is 1.21 bits per heavy atom. The Bertz CT molecular complexity index is 604. The number of aryl methyl sites for hydroxylation is 1. The summed E-state index contributed by atoms with van der Waals surface area (Å²) in [5.41, 5.74) is 0. The first-order valence-electron chi connectivity index (χ1n) is 6.32. The zero-order chi connectivity index (χ0) is 13.1. The van der Waals surface area contributed by atoms with Crippen LogP contribution in [0.4, 0.5) is 0 Å². The third-order valence-corrected chi connectivity index (χ3v) is 5.39. The molecule has 0 atom stereocenters. The molecule has 0 N–H and O–H groups in total. The van der Waals surface area contributed by atoms with Gasteiger partial charge in [-0.3, -0.25) is 0 Å². The van der Waals surface area contributed by atoms with Gasteiger partial charge in [-0.2, -0.15) is 0 Å². The van der Waals surface area contributed by atoms with Crippen molar-refractivity contribution in [2.45, 2.75) is 14.8 Å². The van der Waals surface area contributed by atoms with Crippen molar-refractivity contribution in [2.75, 3.05) is 0 Å². The molecule has 1 heterocycles. The van der Waals surface area contributed by atoms with Gasteiger partial charge >= 0.3 is 0 Å². The topological polar surface area (TPSA) is 4.93 Å². The van der Waals surface area contributed by atoms with E-state index in [0.29, 0.717) is 0 Å². The lowest BCUT2D eigenvalue weighted by Crippen LogP contribution is -2.08. The van der Waals surface area contributed by atoms with Crippen molar-refractivity contribution in [3.05, 3.63) is 79.0 Å². The first kappa shape index (κ1) is 12.1. The normalized spacial score (nSPS) is 10.8. The molecule has 3 aromatic rings. The van der Waals surface area contributed by atoms with E-state index < -0.39 is 0 Å². The molecular weight excluding hydrogens is 250 g/mol. The van der Waals surface area contributed by atoms with Crippen molar-refractivity contribution < 1.29 is 0 Å². The molecule has 94 valence electrons. The average Bonchev–Trinajstić information content (AvgIpc) is 2.88. The second kappa shape index (κ2) is 5.37. The number of rotatable bonds is 3. The smallest absolute Gasteiger partial charge is 0.238 e. The van der Waals surface area contributed by atoms with Gasteiger partial charge in [0.2, 0.25) is 5.03 Å². The third kappa shape index (κ3) is 2.45. The summed E-state index contributed by atoms with van der Waals surface area (Å²) >= 11 is 0. The Morgan fingerprint density at radius 3 is 1.63 bits per heavy atom. The fourth-order valence-electron chi connectivity index (χ4n) is 2.15. The van der Waals surface area contributed by atoms with Crippen molar-refractivity contribution in [3.63, 3.8) is 0 Å². The van der Waals surface area contributed by atoms with E-state index in [9.17, 15) is 0 Å². The van der Waals surface area contributed by atoms with Gasteiger partial charge in [-0.05, 0) is 30.3 Å². The molecular formula is C17H16NS+. The van der Waals surface area contributed by atoms with Crippen molar-refractivity contribution in [1.82, 2.24) is 4.57 Å². The molecule has 0 saturated carbocycles.